The maximum atomic E-state index is 5.30. The van der Waals surface area contributed by atoms with Crippen molar-refractivity contribution in [1.82, 2.24) is 9.61 Å². The van der Waals surface area contributed by atoms with E-state index in [1.54, 1.807) is 7.11 Å². The average molecular weight is 439 g/mol. The quantitative estimate of drug-likeness (QED) is 0.336. The Morgan fingerprint density at radius 2 is 1.90 bits per heavy atom. The number of rotatable bonds is 1. The van der Waals surface area contributed by atoms with Gasteiger partial charge in [-0.15, -0.1) is 12.1 Å². The van der Waals surface area contributed by atoms with Crippen molar-refractivity contribution in [1.29, 1.82) is 0 Å². The van der Waals surface area contributed by atoms with Crippen LogP contribution < -0.4 is 4.74 Å². The molecule has 0 fully saturated rings. The van der Waals surface area contributed by atoms with Crippen molar-refractivity contribution < 1.29 is 24.8 Å². The molecule has 2 aromatic carbocycles. The van der Waals surface area contributed by atoms with Crippen LogP contribution in [-0.4, -0.2) is 16.7 Å². The summed E-state index contributed by atoms with van der Waals surface area (Å²) in [5.41, 5.74) is 2.07. The van der Waals surface area contributed by atoms with Gasteiger partial charge in [-0.1, -0.05) is 35.0 Å². The largest absolute Gasteiger partial charge is 0.554 e. The molecular formula is C16H11IrN2O-. The predicted molar refractivity (Wildman–Crippen MR) is 75.6 cm³/mol. The second-order valence-corrected chi connectivity index (χ2v) is 4.48. The zero-order valence-corrected chi connectivity index (χ0v) is 13.1. The van der Waals surface area contributed by atoms with Crippen molar-refractivity contribution in [3.05, 3.63) is 54.7 Å². The zero-order valence-electron chi connectivity index (χ0n) is 10.8. The van der Waals surface area contributed by atoms with E-state index in [-0.39, 0.29) is 20.1 Å². The average Bonchev–Trinajstić information content (AvgIpc) is 2.96. The van der Waals surface area contributed by atoms with Gasteiger partial charge in [0.25, 0.3) is 0 Å². The van der Waals surface area contributed by atoms with E-state index >= 15 is 0 Å². The Morgan fingerprint density at radius 1 is 1.10 bits per heavy atom. The topological polar surface area (TPSA) is 26.5 Å². The van der Waals surface area contributed by atoms with Gasteiger partial charge < -0.3 is 4.74 Å². The molecule has 0 spiro atoms. The maximum absolute atomic E-state index is 5.30. The Kier molecular flexibility index (Phi) is 3.20. The Balaban J connectivity index is 0.00000121. The van der Waals surface area contributed by atoms with Gasteiger partial charge in [0.2, 0.25) is 0 Å². The van der Waals surface area contributed by atoms with Gasteiger partial charge in [0.05, 0.1) is 12.6 Å². The van der Waals surface area contributed by atoms with E-state index in [2.05, 4.69) is 23.3 Å². The molecule has 0 aliphatic carbocycles. The second-order valence-electron chi connectivity index (χ2n) is 4.48. The molecule has 0 atom stereocenters. The van der Waals surface area contributed by atoms with Gasteiger partial charge in [-0.25, -0.2) is 0 Å². The Morgan fingerprint density at radius 3 is 2.70 bits per heavy atom. The van der Waals surface area contributed by atoms with Crippen LogP contribution in [0.1, 0.15) is 0 Å². The van der Waals surface area contributed by atoms with Gasteiger partial charge in [-0.3, -0.25) is 4.52 Å². The molecule has 0 bridgehead atoms. The van der Waals surface area contributed by atoms with Crippen molar-refractivity contribution in [2.45, 2.75) is 0 Å². The number of methoxy groups -OCH3 is 1. The predicted octanol–water partition coefficient (Wildman–Crippen LogP) is 3.45. The number of benzene rings is 2. The first-order valence-corrected chi connectivity index (χ1v) is 6.12. The molecule has 0 aliphatic heterocycles. The molecule has 0 amide bonds. The molecule has 101 valence electrons. The number of aromatic nitrogens is 2. The summed E-state index contributed by atoms with van der Waals surface area (Å²) in [4.78, 5) is 0. The molecule has 0 saturated carbocycles. The summed E-state index contributed by atoms with van der Waals surface area (Å²) < 4.78 is 7.23. The summed E-state index contributed by atoms with van der Waals surface area (Å²) in [5.74, 6) is 0.809. The Bertz CT molecular complexity index is 914. The number of hydrogen-bond acceptors (Lipinski definition) is 2. The number of fused-ring (bicyclic) bond motifs is 6. The molecule has 3 nitrogen and oxygen atoms in total. The molecule has 0 unspecified atom stereocenters. The van der Waals surface area contributed by atoms with E-state index in [4.69, 9.17) is 4.74 Å². The summed E-state index contributed by atoms with van der Waals surface area (Å²) in [6.45, 7) is 0. The van der Waals surface area contributed by atoms with Crippen LogP contribution >= 0.6 is 0 Å². The fourth-order valence-corrected chi connectivity index (χ4v) is 2.59. The molecule has 1 radical (unpaired) electrons. The molecule has 0 N–H and O–H groups in total. The number of nitrogens with zero attached hydrogens (tertiary/aromatic N) is 2. The zero-order chi connectivity index (χ0) is 12.8. The first-order valence-electron chi connectivity index (χ1n) is 6.12. The van der Waals surface area contributed by atoms with Crippen LogP contribution in [0.25, 0.3) is 27.2 Å². The second kappa shape index (κ2) is 4.89. The third-order valence-electron chi connectivity index (χ3n) is 3.48. The fraction of sp³-hybridized carbons (Fsp3) is 0.0625. The van der Waals surface area contributed by atoms with E-state index in [0.717, 1.165) is 22.2 Å². The van der Waals surface area contributed by atoms with E-state index < -0.39 is 0 Å². The van der Waals surface area contributed by atoms with Gasteiger partial charge in [0.15, 0.2) is 0 Å². The number of ether oxygens (including phenoxy) is 1. The standard InChI is InChI=1S/C16H11N2O.Ir/c1-19-11-6-7-15-14(10-11)12-4-2-3-5-13(12)16-8-9-17-18(15)16;/h2-6,8-10H,1H3;/q-1;. The third-order valence-corrected chi connectivity index (χ3v) is 3.48. The summed E-state index contributed by atoms with van der Waals surface area (Å²) in [6, 6.07) is 17.5. The molecule has 20 heavy (non-hydrogen) atoms. The molecule has 4 heteroatoms. The minimum Gasteiger partial charge on any atom is -0.554 e. The van der Waals surface area contributed by atoms with Gasteiger partial charge in [0.1, 0.15) is 0 Å². The van der Waals surface area contributed by atoms with E-state index in [0.29, 0.717) is 0 Å². The van der Waals surface area contributed by atoms with Crippen molar-refractivity contribution >= 4 is 27.2 Å². The molecule has 2 aromatic heterocycles. The fourth-order valence-electron chi connectivity index (χ4n) is 2.59. The van der Waals surface area contributed by atoms with Crippen LogP contribution in [-0.2, 0) is 20.1 Å². The van der Waals surface area contributed by atoms with Crippen molar-refractivity contribution in [3.63, 3.8) is 0 Å². The minimum atomic E-state index is 0. The Labute approximate surface area is 129 Å². The van der Waals surface area contributed by atoms with Gasteiger partial charge in [-0.2, -0.15) is 11.2 Å². The Hall–Kier alpha value is -1.90. The molecule has 2 heterocycles. The minimum absolute atomic E-state index is 0. The van der Waals surface area contributed by atoms with E-state index in [1.807, 2.05) is 41.0 Å². The summed E-state index contributed by atoms with van der Waals surface area (Å²) in [5, 5.41) is 7.88. The summed E-state index contributed by atoms with van der Waals surface area (Å²) in [6.07, 6.45) is 1.82. The number of pyridine rings is 1. The molecule has 0 aliphatic rings. The molecule has 4 rings (SSSR count). The number of hydrogen-bond donors (Lipinski definition) is 0. The molecular weight excluding hydrogens is 428 g/mol. The first-order chi connectivity index (χ1) is 9.38. The summed E-state index contributed by atoms with van der Waals surface area (Å²) in [7, 11) is 1.67. The van der Waals surface area contributed by atoms with E-state index in [1.165, 1.54) is 10.8 Å². The maximum Gasteiger partial charge on any atom is 0.0711 e. The van der Waals surface area contributed by atoms with Crippen LogP contribution in [0.5, 0.6) is 5.75 Å². The van der Waals surface area contributed by atoms with Crippen molar-refractivity contribution in [3.8, 4) is 5.75 Å². The smallest absolute Gasteiger partial charge is 0.0711 e. The van der Waals surface area contributed by atoms with Crippen molar-refractivity contribution in [2.75, 3.05) is 7.11 Å². The van der Waals surface area contributed by atoms with Crippen molar-refractivity contribution in [2.24, 2.45) is 0 Å². The van der Waals surface area contributed by atoms with Gasteiger partial charge in [0, 0.05) is 32.1 Å². The summed E-state index contributed by atoms with van der Waals surface area (Å²) >= 11 is 0. The first kappa shape index (κ1) is 13.1. The van der Waals surface area contributed by atoms with Gasteiger partial charge in [-0.05, 0) is 17.0 Å². The molecule has 0 saturated heterocycles. The third kappa shape index (κ3) is 1.73. The van der Waals surface area contributed by atoms with Crippen LogP contribution in [0, 0.1) is 6.07 Å². The van der Waals surface area contributed by atoms with E-state index in [9.17, 15) is 0 Å². The SMILES string of the molecule is COc1c[c-]c2c(c1)c1ccccc1c1ccnn21.[Ir]. The normalized spacial score (nSPS) is 10.8. The van der Waals surface area contributed by atoms with Crippen LogP contribution in [0.4, 0.5) is 0 Å². The van der Waals surface area contributed by atoms with Crippen LogP contribution in [0.15, 0.2) is 48.7 Å². The monoisotopic (exact) mass is 440 g/mol. The van der Waals surface area contributed by atoms with Crippen LogP contribution in [0.2, 0.25) is 0 Å². The van der Waals surface area contributed by atoms with Gasteiger partial charge >= 0.3 is 0 Å². The molecule has 4 aromatic rings. The van der Waals surface area contributed by atoms with Crippen LogP contribution in [0.3, 0.4) is 0 Å².